The minimum Gasteiger partial charge on any atom is -0.493 e. The Hall–Kier alpha value is -2.38. The van der Waals surface area contributed by atoms with E-state index in [1.54, 1.807) is 18.2 Å². The quantitative estimate of drug-likeness (QED) is 0.430. The third kappa shape index (κ3) is 7.87. The van der Waals surface area contributed by atoms with Crippen LogP contribution in [0.5, 0.6) is 11.5 Å². The van der Waals surface area contributed by atoms with Gasteiger partial charge in [-0.15, -0.1) is 11.8 Å². The summed E-state index contributed by atoms with van der Waals surface area (Å²) in [5, 5.41) is 0.677. The fourth-order valence-corrected chi connectivity index (χ4v) is 3.25. The van der Waals surface area contributed by atoms with E-state index in [1.165, 1.54) is 18.9 Å². The smallest absolute Gasteiger partial charge is 0.269 e. The summed E-state index contributed by atoms with van der Waals surface area (Å²) in [6.45, 7) is 2.67. The number of unbranched alkanes of at least 4 members (excludes halogenated alkanes) is 1. The molecule has 0 bridgehead atoms. The van der Waals surface area contributed by atoms with Crippen LogP contribution in [0.2, 0.25) is 5.02 Å². The Morgan fingerprint density at radius 3 is 2.52 bits per heavy atom. The summed E-state index contributed by atoms with van der Waals surface area (Å²) in [4.78, 5) is 24.2. The van der Waals surface area contributed by atoms with Gasteiger partial charge in [-0.25, -0.2) is 0 Å². The standard InChI is InChI=1S/C21H25ClN2O4S/c1-3-4-11-28-18-10-7-16(12-19(18)27-2)21(26)24-23-20(25)14-29-13-15-5-8-17(22)9-6-15/h5-10,12H,3-4,11,13-14H2,1-2H3,(H,23,25)(H,24,26). The van der Waals surface area contributed by atoms with Gasteiger partial charge in [-0.05, 0) is 42.3 Å². The van der Waals surface area contributed by atoms with Gasteiger partial charge >= 0.3 is 0 Å². The van der Waals surface area contributed by atoms with E-state index >= 15 is 0 Å². The van der Waals surface area contributed by atoms with E-state index in [2.05, 4.69) is 17.8 Å². The predicted molar refractivity (Wildman–Crippen MR) is 117 cm³/mol. The van der Waals surface area contributed by atoms with E-state index in [1.807, 2.05) is 24.3 Å². The first-order chi connectivity index (χ1) is 14.0. The highest BCUT2D eigenvalue weighted by Gasteiger charge is 2.12. The summed E-state index contributed by atoms with van der Waals surface area (Å²) in [5.41, 5.74) is 6.26. The molecule has 6 nitrogen and oxygen atoms in total. The van der Waals surface area contributed by atoms with Crippen molar-refractivity contribution in [1.82, 2.24) is 10.9 Å². The predicted octanol–water partition coefficient (Wildman–Crippen LogP) is 4.22. The zero-order valence-electron chi connectivity index (χ0n) is 16.5. The summed E-state index contributed by atoms with van der Waals surface area (Å²) in [5.74, 6) is 1.23. The maximum Gasteiger partial charge on any atom is 0.269 e. The van der Waals surface area contributed by atoms with E-state index in [0.29, 0.717) is 34.4 Å². The maximum absolute atomic E-state index is 12.3. The van der Waals surface area contributed by atoms with Gasteiger partial charge in [0.05, 0.1) is 19.5 Å². The van der Waals surface area contributed by atoms with Crippen molar-refractivity contribution in [2.75, 3.05) is 19.5 Å². The molecule has 0 aliphatic carbocycles. The minimum absolute atomic E-state index is 0.219. The number of halogens is 1. The Bertz CT molecular complexity index is 815. The van der Waals surface area contributed by atoms with Crippen molar-refractivity contribution in [1.29, 1.82) is 0 Å². The van der Waals surface area contributed by atoms with Crippen molar-refractivity contribution in [2.24, 2.45) is 0 Å². The largest absolute Gasteiger partial charge is 0.493 e. The van der Waals surface area contributed by atoms with Crippen LogP contribution in [0.1, 0.15) is 35.7 Å². The molecule has 2 amide bonds. The van der Waals surface area contributed by atoms with E-state index in [9.17, 15) is 9.59 Å². The molecule has 156 valence electrons. The lowest BCUT2D eigenvalue weighted by Gasteiger charge is -2.12. The van der Waals surface area contributed by atoms with Crippen molar-refractivity contribution in [3.63, 3.8) is 0 Å². The van der Waals surface area contributed by atoms with E-state index in [-0.39, 0.29) is 11.7 Å². The van der Waals surface area contributed by atoms with Gasteiger partial charge in [0.1, 0.15) is 0 Å². The number of hydrogen-bond acceptors (Lipinski definition) is 5. The molecule has 0 unspecified atom stereocenters. The number of hydrogen-bond donors (Lipinski definition) is 2. The SMILES string of the molecule is CCCCOc1ccc(C(=O)NNC(=O)CSCc2ccc(Cl)cc2)cc1OC. The first-order valence-corrected chi connectivity index (χ1v) is 10.8. The van der Waals surface area contributed by atoms with Gasteiger partial charge in [-0.2, -0.15) is 0 Å². The Kier molecular flexibility index (Phi) is 9.67. The van der Waals surface area contributed by atoms with Crippen LogP contribution < -0.4 is 20.3 Å². The lowest BCUT2D eigenvalue weighted by Crippen LogP contribution is -2.42. The number of methoxy groups -OCH3 is 1. The van der Waals surface area contributed by atoms with Gasteiger partial charge < -0.3 is 9.47 Å². The van der Waals surface area contributed by atoms with Crippen LogP contribution in [0, 0.1) is 0 Å². The Labute approximate surface area is 180 Å². The summed E-state index contributed by atoms with van der Waals surface area (Å²) in [6.07, 6.45) is 1.97. The number of hydrazine groups is 1. The number of ether oxygens (including phenoxy) is 2. The maximum atomic E-state index is 12.3. The van der Waals surface area contributed by atoms with Crippen LogP contribution in [0.3, 0.4) is 0 Å². The second-order valence-electron chi connectivity index (χ2n) is 6.19. The monoisotopic (exact) mass is 436 g/mol. The fourth-order valence-electron chi connectivity index (χ4n) is 2.33. The van der Waals surface area contributed by atoms with Crippen LogP contribution in [-0.4, -0.2) is 31.3 Å². The molecule has 2 aromatic rings. The third-order valence-corrected chi connectivity index (χ3v) is 5.17. The van der Waals surface area contributed by atoms with Crippen LogP contribution in [0.4, 0.5) is 0 Å². The molecular formula is C21H25ClN2O4S. The Morgan fingerprint density at radius 1 is 1.07 bits per heavy atom. The van der Waals surface area contributed by atoms with Crippen molar-refractivity contribution in [3.8, 4) is 11.5 Å². The molecular weight excluding hydrogens is 412 g/mol. The molecule has 0 aliphatic heterocycles. The highest BCUT2D eigenvalue weighted by molar-refractivity contribution is 7.99. The average Bonchev–Trinajstić information content (AvgIpc) is 2.73. The van der Waals surface area contributed by atoms with E-state index < -0.39 is 5.91 Å². The van der Waals surface area contributed by atoms with E-state index in [4.69, 9.17) is 21.1 Å². The highest BCUT2D eigenvalue weighted by atomic mass is 35.5. The number of carbonyl (C=O) groups is 2. The van der Waals surface area contributed by atoms with Gasteiger partial charge in [0.15, 0.2) is 11.5 Å². The molecule has 0 fully saturated rings. The third-order valence-electron chi connectivity index (χ3n) is 3.91. The highest BCUT2D eigenvalue weighted by Crippen LogP contribution is 2.28. The molecule has 29 heavy (non-hydrogen) atoms. The molecule has 2 N–H and O–H groups in total. The van der Waals surface area contributed by atoms with Crippen molar-refractivity contribution >= 4 is 35.2 Å². The number of nitrogens with one attached hydrogen (secondary N) is 2. The van der Waals surface area contributed by atoms with Gasteiger partial charge in [-0.3, -0.25) is 20.4 Å². The average molecular weight is 437 g/mol. The second kappa shape index (κ2) is 12.2. The summed E-state index contributed by atoms with van der Waals surface area (Å²) in [7, 11) is 1.52. The molecule has 0 aromatic heterocycles. The van der Waals surface area contributed by atoms with Gasteiger partial charge in [0.2, 0.25) is 5.91 Å². The van der Waals surface area contributed by atoms with Crippen molar-refractivity contribution < 1.29 is 19.1 Å². The number of thioether (sulfide) groups is 1. The van der Waals surface area contributed by atoms with Crippen molar-refractivity contribution in [3.05, 3.63) is 58.6 Å². The topological polar surface area (TPSA) is 76.7 Å². The number of rotatable bonds is 10. The van der Waals surface area contributed by atoms with Crippen LogP contribution in [-0.2, 0) is 10.5 Å². The summed E-state index contributed by atoms with van der Waals surface area (Å²) >= 11 is 7.29. The lowest BCUT2D eigenvalue weighted by atomic mass is 10.2. The summed E-state index contributed by atoms with van der Waals surface area (Å²) in [6, 6.07) is 12.3. The Balaban J connectivity index is 1.78. The molecule has 2 rings (SSSR count). The lowest BCUT2D eigenvalue weighted by molar-refractivity contribution is -0.119. The normalized spacial score (nSPS) is 10.3. The van der Waals surface area contributed by atoms with Crippen LogP contribution >= 0.6 is 23.4 Å². The molecule has 2 aromatic carbocycles. The zero-order chi connectivity index (χ0) is 21.1. The molecule has 8 heteroatoms. The zero-order valence-corrected chi connectivity index (χ0v) is 18.1. The minimum atomic E-state index is -0.431. The van der Waals surface area contributed by atoms with E-state index in [0.717, 1.165) is 18.4 Å². The van der Waals surface area contributed by atoms with Crippen molar-refractivity contribution in [2.45, 2.75) is 25.5 Å². The molecule has 0 atom stereocenters. The second-order valence-corrected chi connectivity index (χ2v) is 7.61. The van der Waals surface area contributed by atoms with Crippen LogP contribution in [0.25, 0.3) is 0 Å². The molecule has 0 radical (unpaired) electrons. The molecule has 0 aliphatic rings. The number of benzene rings is 2. The first kappa shape index (κ1) is 22.9. The molecule has 0 saturated carbocycles. The van der Waals surface area contributed by atoms with Gasteiger partial charge in [0.25, 0.3) is 5.91 Å². The molecule has 0 spiro atoms. The van der Waals surface area contributed by atoms with Gasteiger partial charge in [-0.1, -0.05) is 37.1 Å². The first-order valence-electron chi connectivity index (χ1n) is 9.25. The summed E-state index contributed by atoms with van der Waals surface area (Å²) < 4.78 is 10.9. The number of carbonyl (C=O) groups excluding carboxylic acids is 2. The Morgan fingerprint density at radius 2 is 1.83 bits per heavy atom. The number of amides is 2. The van der Waals surface area contributed by atoms with Crippen LogP contribution in [0.15, 0.2) is 42.5 Å². The molecule has 0 heterocycles. The fraction of sp³-hybridized carbons (Fsp3) is 0.333. The van der Waals surface area contributed by atoms with Gasteiger partial charge in [0, 0.05) is 16.3 Å². The molecule has 0 saturated heterocycles.